The molecule has 0 spiro atoms. The van der Waals surface area contributed by atoms with Gasteiger partial charge in [0.1, 0.15) is 0 Å². The lowest BCUT2D eigenvalue weighted by atomic mass is 9.84. The smallest absolute Gasteiger partial charge is 0.254 e. The Labute approximate surface area is 226 Å². The number of hydrogen-bond acceptors (Lipinski definition) is 6. The van der Waals surface area contributed by atoms with E-state index in [2.05, 4.69) is 41.5 Å². The second-order valence-electron chi connectivity index (χ2n) is 10.4. The van der Waals surface area contributed by atoms with Gasteiger partial charge in [-0.1, -0.05) is 31.4 Å². The molecular formula is C29H44N4O3S. The molecule has 204 valence electrons. The van der Waals surface area contributed by atoms with E-state index in [1.165, 1.54) is 43.4 Å². The molecule has 1 heterocycles. The minimum atomic E-state index is -0.310. The number of thioether (sulfide) groups is 1. The molecule has 0 saturated heterocycles. The largest absolute Gasteiger partial charge is 0.332 e. The minimum absolute atomic E-state index is 0.0277. The summed E-state index contributed by atoms with van der Waals surface area (Å²) in [7, 11) is 2.25. The number of nitrogens with zero attached hydrogens (tertiary/aromatic N) is 2. The van der Waals surface area contributed by atoms with Crippen LogP contribution in [0.5, 0.6) is 0 Å². The number of unbranched alkanes of at least 4 members (excludes halogenated alkanes) is 4. The van der Waals surface area contributed by atoms with Gasteiger partial charge in [0.05, 0.1) is 0 Å². The second kappa shape index (κ2) is 15.3. The average molecular weight is 529 g/mol. The van der Waals surface area contributed by atoms with Crippen LogP contribution in [0.1, 0.15) is 80.6 Å². The van der Waals surface area contributed by atoms with Crippen LogP contribution < -0.4 is 11.1 Å². The van der Waals surface area contributed by atoms with Gasteiger partial charge in [-0.2, -0.15) is 0 Å². The normalized spacial score (nSPS) is 19.1. The highest BCUT2D eigenvalue weighted by Crippen LogP contribution is 2.31. The Hall–Kier alpha value is -2.16. The van der Waals surface area contributed by atoms with E-state index in [-0.39, 0.29) is 24.3 Å². The van der Waals surface area contributed by atoms with E-state index in [0.29, 0.717) is 31.3 Å². The van der Waals surface area contributed by atoms with Crippen LogP contribution in [0.2, 0.25) is 0 Å². The molecule has 1 aromatic rings. The third-order valence-corrected chi connectivity index (χ3v) is 8.70. The molecule has 3 N–H and O–H groups in total. The number of likely N-dealkylation sites (N-methyl/N-ethyl adjacent to an activating group) is 1. The second-order valence-corrected chi connectivity index (χ2v) is 11.6. The fourth-order valence-corrected chi connectivity index (χ4v) is 6.17. The number of imide groups is 1. The number of carbonyl (C=O) groups is 3. The fraction of sp³-hybridized carbons (Fsp3) is 0.621. The van der Waals surface area contributed by atoms with E-state index < -0.39 is 0 Å². The quantitative estimate of drug-likeness (QED) is 0.127. The van der Waals surface area contributed by atoms with Crippen molar-refractivity contribution in [3.05, 3.63) is 41.5 Å². The summed E-state index contributed by atoms with van der Waals surface area (Å²) in [5.74, 6) is 1.50. The number of carbonyl (C=O) groups excluding carboxylic acids is 3. The van der Waals surface area contributed by atoms with E-state index in [1.54, 1.807) is 0 Å². The number of fused-ring (bicyclic) bond motifs is 1. The molecule has 3 atom stereocenters. The van der Waals surface area contributed by atoms with Crippen LogP contribution in [0.3, 0.4) is 0 Å². The van der Waals surface area contributed by atoms with Crippen molar-refractivity contribution < 1.29 is 14.4 Å². The molecule has 0 saturated carbocycles. The molecule has 0 aromatic heterocycles. The van der Waals surface area contributed by atoms with Gasteiger partial charge in [0.15, 0.2) is 0 Å². The summed E-state index contributed by atoms with van der Waals surface area (Å²) in [5, 5.41) is 2.15. The zero-order valence-corrected chi connectivity index (χ0v) is 23.3. The van der Waals surface area contributed by atoms with Crippen LogP contribution in [-0.4, -0.2) is 66.0 Å². The zero-order chi connectivity index (χ0) is 26.6. The zero-order valence-electron chi connectivity index (χ0n) is 22.5. The van der Waals surface area contributed by atoms with Crippen molar-refractivity contribution in [1.82, 2.24) is 15.1 Å². The van der Waals surface area contributed by atoms with Gasteiger partial charge < -0.3 is 10.6 Å². The molecule has 1 aliphatic carbocycles. The summed E-state index contributed by atoms with van der Waals surface area (Å²) in [4.78, 5) is 40.3. The third-order valence-electron chi connectivity index (χ3n) is 7.62. The molecule has 37 heavy (non-hydrogen) atoms. The number of nitrogens with two attached hydrogens (primary N) is 1. The topological polar surface area (TPSA) is 95.7 Å². The number of benzene rings is 1. The summed E-state index contributed by atoms with van der Waals surface area (Å²) >= 11 is 1.87. The van der Waals surface area contributed by atoms with Crippen molar-refractivity contribution >= 4 is 30.0 Å². The van der Waals surface area contributed by atoms with Crippen LogP contribution in [0.15, 0.2) is 35.2 Å². The van der Waals surface area contributed by atoms with Gasteiger partial charge in [-0.05, 0) is 94.6 Å². The van der Waals surface area contributed by atoms with E-state index in [9.17, 15) is 14.4 Å². The molecule has 3 rings (SSSR count). The molecule has 2 aliphatic rings. The lowest BCUT2D eigenvalue weighted by Gasteiger charge is -2.37. The number of amides is 3. The minimum Gasteiger partial charge on any atom is -0.332 e. The van der Waals surface area contributed by atoms with Crippen LogP contribution in [0, 0.1) is 5.92 Å². The molecular weight excluding hydrogens is 484 g/mol. The summed E-state index contributed by atoms with van der Waals surface area (Å²) in [6.45, 7) is 4.49. The van der Waals surface area contributed by atoms with Gasteiger partial charge in [0, 0.05) is 35.5 Å². The van der Waals surface area contributed by atoms with Crippen LogP contribution in [-0.2, 0) is 16.1 Å². The van der Waals surface area contributed by atoms with Gasteiger partial charge in [0.25, 0.3) is 5.91 Å². The van der Waals surface area contributed by atoms with Crippen molar-refractivity contribution in [3.8, 4) is 0 Å². The Morgan fingerprint density at radius 3 is 2.73 bits per heavy atom. The molecule has 0 radical (unpaired) electrons. The number of hydrogen-bond donors (Lipinski definition) is 2. The number of rotatable bonds is 18. The average Bonchev–Trinajstić information content (AvgIpc) is 3.19. The highest BCUT2D eigenvalue weighted by atomic mass is 32.2. The SMILES string of the molecule is CC(CCC(=O)NC=O)N1Cc2cc(SCCCCCCCN(C)C3C=CC3CCCN)ccc2C1=O. The lowest BCUT2D eigenvalue weighted by Crippen LogP contribution is -2.41. The van der Waals surface area contributed by atoms with E-state index in [1.807, 2.05) is 29.7 Å². The van der Waals surface area contributed by atoms with E-state index in [4.69, 9.17) is 5.73 Å². The monoisotopic (exact) mass is 528 g/mol. The molecule has 0 fully saturated rings. The van der Waals surface area contributed by atoms with Crippen LogP contribution in [0.25, 0.3) is 0 Å². The van der Waals surface area contributed by atoms with Gasteiger partial charge in [-0.3, -0.25) is 24.6 Å². The summed E-state index contributed by atoms with van der Waals surface area (Å²) in [6.07, 6.45) is 14.4. The van der Waals surface area contributed by atoms with Crippen molar-refractivity contribution in [2.24, 2.45) is 11.7 Å². The van der Waals surface area contributed by atoms with Gasteiger partial charge in [-0.25, -0.2) is 0 Å². The molecule has 8 heteroatoms. The first-order chi connectivity index (χ1) is 17.9. The molecule has 1 aromatic carbocycles. The maximum atomic E-state index is 12.8. The Morgan fingerprint density at radius 1 is 1.22 bits per heavy atom. The standard InChI is InChI=1S/C29H44N4O3S/c1-22(10-15-28(35)31-21-34)33-20-24-19-25(12-13-26(24)29(33)36)37-18-7-5-3-4-6-17-32(2)27-14-11-23(27)9-8-16-30/h11-14,19,21-23,27H,3-10,15-18,20,30H2,1-2H3,(H,31,34,35). The van der Waals surface area contributed by atoms with Crippen molar-refractivity contribution in [2.45, 2.75) is 88.2 Å². The third kappa shape index (κ3) is 8.69. The Balaban J connectivity index is 1.28. The Kier molecular flexibility index (Phi) is 12.2. The first-order valence-corrected chi connectivity index (χ1v) is 14.8. The van der Waals surface area contributed by atoms with E-state index >= 15 is 0 Å². The predicted molar refractivity (Wildman–Crippen MR) is 150 cm³/mol. The predicted octanol–water partition coefficient (Wildman–Crippen LogP) is 4.35. The molecule has 0 bridgehead atoms. The molecule has 1 aliphatic heterocycles. The van der Waals surface area contributed by atoms with Crippen molar-refractivity contribution in [2.75, 3.05) is 25.9 Å². The van der Waals surface area contributed by atoms with E-state index in [0.717, 1.165) is 36.4 Å². The summed E-state index contributed by atoms with van der Waals surface area (Å²) < 4.78 is 0. The maximum absolute atomic E-state index is 12.8. The van der Waals surface area contributed by atoms with Gasteiger partial charge in [0.2, 0.25) is 12.3 Å². The fourth-order valence-electron chi connectivity index (χ4n) is 5.19. The van der Waals surface area contributed by atoms with Crippen molar-refractivity contribution in [3.63, 3.8) is 0 Å². The lowest BCUT2D eigenvalue weighted by molar-refractivity contribution is -0.125. The first kappa shape index (κ1) is 29.4. The maximum Gasteiger partial charge on any atom is 0.254 e. The first-order valence-electron chi connectivity index (χ1n) is 13.8. The summed E-state index contributed by atoms with van der Waals surface area (Å²) in [6, 6.07) is 6.69. The van der Waals surface area contributed by atoms with Crippen LogP contribution in [0.4, 0.5) is 0 Å². The Morgan fingerprint density at radius 2 is 2.00 bits per heavy atom. The molecule has 3 amide bonds. The van der Waals surface area contributed by atoms with Crippen molar-refractivity contribution in [1.29, 1.82) is 0 Å². The highest BCUT2D eigenvalue weighted by Gasteiger charge is 2.31. The number of nitrogens with one attached hydrogen (secondary N) is 1. The molecule has 7 nitrogen and oxygen atoms in total. The highest BCUT2D eigenvalue weighted by molar-refractivity contribution is 7.99. The molecule has 3 unspecified atom stereocenters. The Bertz CT molecular complexity index is 938. The summed E-state index contributed by atoms with van der Waals surface area (Å²) in [5.41, 5.74) is 7.48. The van der Waals surface area contributed by atoms with Crippen LogP contribution >= 0.6 is 11.8 Å². The van der Waals surface area contributed by atoms with Gasteiger partial charge >= 0.3 is 0 Å². The van der Waals surface area contributed by atoms with Gasteiger partial charge in [-0.15, -0.1) is 11.8 Å².